The first-order valence-electron chi connectivity index (χ1n) is 9.88. The number of amides is 1. The van der Waals surface area contributed by atoms with Crippen molar-refractivity contribution in [3.63, 3.8) is 0 Å². The zero-order valence-electron chi connectivity index (χ0n) is 16.5. The van der Waals surface area contributed by atoms with E-state index in [0.717, 1.165) is 11.1 Å². The Labute approximate surface area is 180 Å². The first kappa shape index (κ1) is 21.2. The number of hydrogen-bond acceptors (Lipinski definition) is 6. The number of nitrogens with one attached hydrogen (secondary N) is 2. The van der Waals surface area contributed by atoms with E-state index in [9.17, 15) is 15.0 Å². The molecule has 0 radical (unpaired) electrons. The fourth-order valence-corrected chi connectivity index (χ4v) is 3.94. The molecular formula is C22H25ClN2O5. The van der Waals surface area contributed by atoms with E-state index in [1.165, 1.54) is 0 Å². The summed E-state index contributed by atoms with van der Waals surface area (Å²) in [7, 11) is 0. The number of benzene rings is 2. The Balaban J connectivity index is 1.27. The van der Waals surface area contributed by atoms with Gasteiger partial charge < -0.3 is 25.0 Å². The van der Waals surface area contributed by atoms with E-state index in [2.05, 4.69) is 10.6 Å². The SMILES string of the molecule is Cc1ccccc1C(=O)NC[C@]1(O)CO[C@H](CNC2OC2c2ccccc2Cl)[C@H]1O. The largest absolute Gasteiger partial charge is 0.387 e. The summed E-state index contributed by atoms with van der Waals surface area (Å²) < 4.78 is 11.2. The van der Waals surface area contributed by atoms with Crippen LogP contribution in [0.5, 0.6) is 0 Å². The van der Waals surface area contributed by atoms with Crippen molar-refractivity contribution in [3.05, 3.63) is 70.2 Å². The van der Waals surface area contributed by atoms with Crippen LogP contribution in [0.3, 0.4) is 0 Å². The molecule has 2 aromatic rings. The van der Waals surface area contributed by atoms with Gasteiger partial charge in [0.2, 0.25) is 0 Å². The highest BCUT2D eigenvalue weighted by atomic mass is 35.5. The minimum Gasteiger partial charge on any atom is -0.387 e. The molecule has 2 fully saturated rings. The molecule has 2 aromatic carbocycles. The molecule has 30 heavy (non-hydrogen) atoms. The molecule has 2 aliphatic rings. The van der Waals surface area contributed by atoms with Crippen LogP contribution in [-0.2, 0) is 9.47 Å². The van der Waals surface area contributed by atoms with Gasteiger partial charge in [0.15, 0.2) is 0 Å². The van der Waals surface area contributed by atoms with Crippen LogP contribution in [-0.4, -0.2) is 59.9 Å². The van der Waals surface area contributed by atoms with Gasteiger partial charge in [-0.2, -0.15) is 0 Å². The third kappa shape index (κ3) is 4.37. The Morgan fingerprint density at radius 2 is 1.97 bits per heavy atom. The van der Waals surface area contributed by atoms with E-state index in [0.29, 0.717) is 17.1 Å². The van der Waals surface area contributed by atoms with Gasteiger partial charge in [0.05, 0.1) is 19.3 Å². The summed E-state index contributed by atoms with van der Waals surface area (Å²) in [5, 5.41) is 27.9. The zero-order valence-corrected chi connectivity index (χ0v) is 17.3. The monoisotopic (exact) mass is 432 g/mol. The van der Waals surface area contributed by atoms with E-state index in [4.69, 9.17) is 21.1 Å². The number of aliphatic hydroxyl groups excluding tert-OH is 1. The van der Waals surface area contributed by atoms with E-state index >= 15 is 0 Å². The van der Waals surface area contributed by atoms with Crippen molar-refractivity contribution in [2.75, 3.05) is 19.7 Å². The van der Waals surface area contributed by atoms with Crippen molar-refractivity contribution in [3.8, 4) is 0 Å². The summed E-state index contributed by atoms with van der Waals surface area (Å²) in [5.74, 6) is -0.302. The summed E-state index contributed by atoms with van der Waals surface area (Å²) in [6.07, 6.45) is -2.15. The van der Waals surface area contributed by atoms with Gasteiger partial charge in [-0.15, -0.1) is 0 Å². The fourth-order valence-electron chi connectivity index (χ4n) is 3.70. The van der Waals surface area contributed by atoms with Crippen LogP contribution in [0.1, 0.15) is 27.6 Å². The Bertz CT molecular complexity index is 926. The third-order valence-electron chi connectivity index (χ3n) is 5.62. The maximum Gasteiger partial charge on any atom is 0.251 e. The first-order chi connectivity index (χ1) is 14.4. The van der Waals surface area contributed by atoms with Crippen LogP contribution in [0, 0.1) is 6.92 Å². The second-order valence-electron chi connectivity index (χ2n) is 7.80. The number of aryl methyl sites for hydroxylation is 1. The Hall–Kier alpha value is -2.00. The highest BCUT2D eigenvalue weighted by Gasteiger charge is 2.49. The molecule has 160 valence electrons. The van der Waals surface area contributed by atoms with E-state index in [1.54, 1.807) is 12.1 Å². The average molecular weight is 433 g/mol. The predicted molar refractivity (Wildman–Crippen MR) is 111 cm³/mol. The minimum atomic E-state index is -1.56. The molecule has 4 rings (SSSR count). The molecule has 1 amide bonds. The van der Waals surface area contributed by atoms with Gasteiger partial charge in [0.25, 0.3) is 5.91 Å². The predicted octanol–water partition coefficient (Wildman–Crippen LogP) is 1.56. The zero-order chi connectivity index (χ0) is 21.3. The second kappa shape index (κ2) is 8.63. The van der Waals surface area contributed by atoms with Crippen LogP contribution >= 0.6 is 11.6 Å². The van der Waals surface area contributed by atoms with Crippen molar-refractivity contribution in [1.82, 2.24) is 10.6 Å². The molecule has 2 heterocycles. The van der Waals surface area contributed by atoms with E-state index in [-0.39, 0.29) is 31.4 Å². The lowest BCUT2D eigenvalue weighted by molar-refractivity contribution is -0.0467. The molecule has 8 heteroatoms. The highest BCUT2D eigenvalue weighted by Crippen LogP contribution is 2.40. The Morgan fingerprint density at radius 3 is 2.73 bits per heavy atom. The topological polar surface area (TPSA) is 103 Å². The summed E-state index contributed by atoms with van der Waals surface area (Å²) >= 11 is 6.19. The molecule has 7 nitrogen and oxygen atoms in total. The lowest BCUT2D eigenvalue weighted by Gasteiger charge is -2.26. The third-order valence-corrected chi connectivity index (χ3v) is 5.96. The van der Waals surface area contributed by atoms with Crippen LogP contribution in [0.4, 0.5) is 0 Å². The van der Waals surface area contributed by atoms with Gasteiger partial charge in [-0.3, -0.25) is 10.1 Å². The average Bonchev–Trinajstić information content (AvgIpc) is 3.45. The van der Waals surface area contributed by atoms with Gasteiger partial charge >= 0.3 is 0 Å². The molecule has 2 unspecified atom stereocenters. The van der Waals surface area contributed by atoms with E-state index in [1.807, 2.05) is 43.3 Å². The number of carbonyl (C=O) groups excluding carboxylic acids is 1. The van der Waals surface area contributed by atoms with Crippen LogP contribution in [0.25, 0.3) is 0 Å². The summed E-state index contributed by atoms with van der Waals surface area (Å²) in [6.45, 7) is 1.95. The number of ether oxygens (including phenoxy) is 2. The number of epoxide rings is 1. The fraction of sp³-hybridized carbons (Fsp3) is 0.409. The van der Waals surface area contributed by atoms with Gasteiger partial charge in [0.1, 0.15) is 24.0 Å². The number of halogens is 1. The van der Waals surface area contributed by atoms with Gasteiger partial charge in [-0.1, -0.05) is 48.0 Å². The maximum atomic E-state index is 12.4. The molecule has 0 bridgehead atoms. The quantitative estimate of drug-likeness (QED) is 0.495. The Kier molecular flexibility index (Phi) is 6.11. The van der Waals surface area contributed by atoms with Crippen LogP contribution < -0.4 is 10.6 Å². The number of hydrogen-bond donors (Lipinski definition) is 4. The van der Waals surface area contributed by atoms with Crippen molar-refractivity contribution >= 4 is 17.5 Å². The van der Waals surface area contributed by atoms with Gasteiger partial charge in [-0.25, -0.2) is 0 Å². The summed E-state index contributed by atoms with van der Waals surface area (Å²) in [4.78, 5) is 12.4. The summed E-state index contributed by atoms with van der Waals surface area (Å²) in [6, 6.07) is 14.7. The number of carbonyl (C=O) groups is 1. The first-order valence-corrected chi connectivity index (χ1v) is 10.3. The van der Waals surface area contributed by atoms with Crippen molar-refractivity contribution in [2.24, 2.45) is 0 Å². The number of rotatable bonds is 7. The van der Waals surface area contributed by atoms with Crippen molar-refractivity contribution < 1.29 is 24.5 Å². The molecule has 0 saturated carbocycles. The standard InChI is InChI=1S/C22H25ClN2O5/c1-13-6-2-3-7-14(13)20(27)25-11-22(28)12-29-17(19(22)26)10-24-21-18(30-21)15-8-4-5-9-16(15)23/h2-9,17-19,21,24,26,28H,10-12H2,1H3,(H,25,27)/t17-,18?,19-,21?,22+/m1/s1. The lowest BCUT2D eigenvalue weighted by atomic mass is 9.96. The minimum absolute atomic E-state index is 0.0754. The van der Waals surface area contributed by atoms with E-state index < -0.39 is 17.8 Å². The molecule has 2 saturated heterocycles. The molecular weight excluding hydrogens is 408 g/mol. The summed E-state index contributed by atoms with van der Waals surface area (Å²) in [5.41, 5.74) is 0.714. The molecule has 0 aromatic heterocycles. The van der Waals surface area contributed by atoms with Crippen molar-refractivity contribution in [1.29, 1.82) is 0 Å². The molecule has 4 N–H and O–H groups in total. The maximum absolute atomic E-state index is 12.4. The van der Waals surface area contributed by atoms with Crippen LogP contribution in [0.2, 0.25) is 5.02 Å². The van der Waals surface area contributed by atoms with Crippen LogP contribution in [0.15, 0.2) is 48.5 Å². The Morgan fingerprint density at radius 1 is 1.23 bits per heavy atom. The molecule has 5 atom stereocenters. The second-order valence-corrected chi connectivity index (χ2v) is 8.21. The molecule has 2 aliphatic heterocycles. The number of aliphatic hydroxyl groups is 2. The van der Waals surface area contributed by atoms with Crippen molar-refractivity contribution in [2.45, 2.75) is 37.1 Å². The molecule has 0 aliphatic carbocycles. The molecule has 0 spiro atoms. The highest BCUT2D eigenvalue weighted by molar-refractivity contribution is 6.31. The smallest absolute Gasteiger partial charge is 0.251 e. The lowest BCUT2D eigenvalue weighted by Crippen LogP contribution is -2.53. The normalized spacial score (nSPS) is 30.3. The van der Waals surface area contributed by atoms with Gasteiger partial charge in [0, 0.05) is 22.7 Å². The van der Waals surface area contributed by atoms with Gasteiger partial charge in [-0.05, 0) is 24.6 Å².